The van der Waals surface area contributed by atoms with Gasteiger partial charge in [-0.3, -0.25) is 4.79 Å². The van der Waals surface area contributed by atoms with E-state index >= 15 is 0 Å². The van der Waals surface area contributed by atoms with Crippen molar-refractivity contribution in [2.24, 2.45) is 0 Å². The van der Waals surface area contributed by atoms with Crippen molar-refractivity contribution < 1.29 is 14.3 Å². The second kappa shape index (κ2) is 10.5. The van der Waals surface area contributed by atoms with Gasteiger partial charge in [0.15, 0.2) is 0 Å². The predicted molar refractivity (Wildman–Crippen MR) is 68.1 cm³/mol. The Hall–Kier alpha value is -0.650. The molecular weight excluding hydrogens is 220 g/mol. The summed E-state index contributed by atoms with van der Waals surface area (Å²) in [6.45, 7) is 7.31. The first-order valence-electron chi connectivity index (χ1n) is 6.18. The van der Waals surface area contributed by atoms with Crippen LogP contribution >= 0.6 is 0 Å². The Labute approximate surface area is 104 Å². The lowest BCUT2D eigenvalue weighted by atomic mass is 10.3. The van der Waals surface area contributed by atoms with Crippen molar-refractivity contribution in [1.82, 2.24) is 10.2 Å². The minimum Gasteiger partial charge on any atom is -0.385 e. The summed E-state index contributed by atoms with van der Waals surface area (Å²) in [5.41, 5.74) is 0. The van der Waals surface area contributed by atoms with Gasteiger partial charge in [-0.15, -0.1) is 0 Å². The Morgan fingerprint density at radius 2 is 2.06 bits per heavy atom. The van der Waals surface area contributed by atoms with Gasteiger partial charge in [-0.05, 0) is 20.3 Å². The van der Waals surface area contributed by atoms with Crippen molar-refractivity contribution in [3.8, 4) is 0 Å². The highest BCUT2D eigenvalue weighted by molar-refractivity contribution is 5.81. The minimum absolute atomic E-state index is 0.117. The lowest BCUT2D eigenvalue weighted by Gasteiger charge is -2.20. The fraction of sp³-hybridized carbons (Fsp3) is 0.917. The molecule has 0 aromatic rings. The highest BCUT2D eigenvalue weighted by Crippen LogP contribution is 1.91. The zero-order valence-corrected chi connectivity index (χ0v) is 11.5. The Morgan fingerprint density at radius 3 is 2.65 bits per heavy atom. The summed E-state index contributed by atoms with van der Waals surface area (Å²) in [7, 11) is 3.49. The smallest absolute Gasteiger partial charge is 0.239 e. The van der Waals surface area contributed by atoms with Crippen molar-refractivity contribution in [1.29, 1.82) is 0 Å². The third kappa shape index (κ3) is 8.12. The van der Waals surface area contributed by atoms with Gasteiger partial charge in [-0.1, -0.05) is 0 Å². The molecule has 0 aromatic heterocycles. The number of nitrogens with zero attached hydrogens (tertiary/aromatic N) is 1. The molecule has 0 aromatic carbocycles. The maximum atomic E-state index is 11.7. The molecule has 5 heteroatoms. The first-order valence-corrected chi connectivity index (χ1v) is 6.18. The van der Waals surface area contributed by atoms with Crippen LogP contribution in [0.15, 0.2) is 0 Å². The molecule has 0 heterocycles. The molecule has 102 valence electrons. The molecule has 0 saturated carbocycles. The monoisotopic (exact) mass is 246 g/mol. The van der Waals surface area contributed by atoms with E-state index in [4.69, 9.17) is 9.47 Å². The number of carbonyl (C=O) groups excluding carboxylic acids is 1. The normalized spacial score (nSPS) is 12.5. The fourth-order valence-electron chi connectivity index (χ4n) is 1.33. The van der Waals surface area contributed by atoms with Crippen LogP contribution in [0.3, 0.4) is 0 Å². The van der Waals surface area contributed by atoms with Crippen molar-refractivity contribution in [3.05, 3.63) is 0 Å². The molecule has 0 rings (SSSR count). The van der Waals surface area contributed by atoms with Gasteiger partial charge in [0.2, 0.25) is 5.91 Å². The summed E-state index contributed by atoms with van der Waals surface area (Å²) in [6, 6.07) is -0.150. The number of rotatable bonds is 10. The van der Waals surface area contributed by atoms with E-state index in [9.17, 15) is 4.79 Å². The predicted octanol–water partition coefficient (Wildman–Crippen LogP) is 0.496. The third-order valence-electron chi connectivity index (χ3n) is 2.56. The molecule has 1 unspecified atom stereocenters. The zero-order chi connectivity index (χ0) is 13.1. The number of nitrogens with one attached hydrogen (secondary N) is 1. The Balaban J connectivity index is 3.44. The molecule has 0 aliphatic rings. The van der Waals surface area contributed by atoms with Crippen LogP contribution in [0.4, 0.5) is 0 Å². The van der Waals surface area contributed by atoms with Crippen LogP contribution in [0.1, 0.15) is 20.3 Å². The maximum absolute atomic E-state index is 11.7. The highest BCUT2D eigenvalue weighted by Gasteiger charge is 2.14. The van der Waals surface area contributed by atoms with E-state index in [1.807, 2.05) is 20.9 Å². The summed E-state index contributed by atoms with van der Waals surface area (Å²) in [5, 5.41) is 3.14. The van der Waals surface area contributed by atoms with Gasteiger partial charge in [0.1, 0.15) is 0 Å². The average Bonchev–Trinajstić information content (AvgIpc) is 2.35. The van der Waals surface area contributed by atoms with E-state index in [0.29, 0.717) is 19.8 Å². The van der Waals surface area contributed by atoms with Gasteiger partial charge in [0.25, 0.3) is 0 Å². The molecule has 5 nitrogen and oxygen atoms in total. The van der Waals surface area contributed by atoms with Crippen LogP contribution in [-0.2, 0) is 14.3 Å². The number of hydrogen-bond acceptors (Lipinski definition) is 4. The van der Waals surface area contributed by atoms with Crippen LogP contribution in [0.25, 0.3) is 0 Å². The van der Waals surface area contributed by atoms with Crippen LogP contribution in [0.5, 0.6) is 0 Å². The van der Waals surface area contributed by atoms with Crippen molar-refractivity contribution in [3.63, 3.8) is 0 Å². The summed E-state index contributed by atoms with van der Waals surface area (Å²) in [5.74, 6) is 0.117. The summed E-state index contributed by atoms with van der Waals surface area (Å²) in [6.07, 6.45) is 0.906. The molecule has 1 N–H and O–H groups in total. The molecule has 0 spiro atoms. The Bertz CT molecular complexity index is 200. The van der Waals surface area contributed by atoms with Gasteiger partial charge in [-0.25, -0.2) is 0 Å². The highest BCUT2D eigenvalue weighted by atomic mass is 16.5. The van der Waals surface area contributed by atoms with E-state index in [1.165, 1.54) is 0 Å². The molecule has 0 fully saturated rings. The molecule has 17 heavy (non-hydrogen) atoms. The van der Waals surface area contributed by atoms with Crippen LogP contribution in [0, 0.1) is 0 Å². The number of methoxy groups -OCH3 is 1. The van der Waals surface area contributed by atoms with Crippen molar-refractivity contribution >= 4 is 5.91 Å². The number of ether oxygens (including phenoxy) is 2. The van der Waals surface area contributed by atoms with Gasteiger partial charge in [-0.2, -0.15) is 0 Å². The van der Waals surface area contributed by atoms with Gasteiger partial charge in [0, 0.05) is 40.5 Å². The van der Waals surface area contributed by atoms with Gasteiger partial charge < -0.3 is 19.7 Å². The zero-order valence-electron chi connectivity index (χ0n) is 11.5. The Morgan fingerprint density at radius 1 is 1.35 bits per heavy atom. The van der Waals surface area contributed by atoms with E-state index in [0.717, 1.165) is 19.6 Å². The average molecular weight is 246 g/mol. The summed E-state index contributed by atoms with van der Waals surface area (Å²) < 4.78 is 10.3. The summed E-state index contributed by atoms with van der Waals surface area (Å²) in [4.78, 5) is 13.4. The fourth-order valence-corrected chi connectivity index (χ4v) is 1.33. The quantitative estimate of drug-likeness (QED) is 0.570. The van der Waals surface area contributed by atoms with Crippen LogP contribution in [0.2, 0.25) is 0 Å². The van der Waals surface area contributed by atoms with E-state index in [-0.39, 0.29) is 11.9 Å². The van der Waals surface area contributed by atoms with Crippen molar-refractivity contribution in [2.45, 2.75) is 26.3 Å². The number of amides is 1. The topological polar surface area (TPSA) is 50.8 Å². The second-order valence-corrected chi connectivity index (χ2v) is 3.99. The third-order valence-corrected chi connectivity index (χ3v) is 2.56. The van der Waals surface area contributed by atoms with Crippen molar-refractivity contribution in [2.75, 3.05) is 47.1 Å². The maximum Gasteiger partial charge on any atom is 0.239 e. The molecule has 1 atom stereocenters. The SMILES string of the molecule is CCN(C)C(=O)C(C)NCCOCCCOC. The standard InChI is InChI=1S/C12H26N2O3/c1-5-14(3)12(15)11(2)13-7-10-17-9-6-8-16-4/h11,13H,5-10H2,1-4H3. The summed E-state index contributed by atoms with van der Waals surface area (Å²) >= 11 is 0. The molecule has 0 aliphatic heterocycles. The lowest BCUT2D eigenvalue weighted by molar-refractivity contribution is -0.131. The van der Waals surface area contributed by atoms with E-state index in [2.05, 4.69) is 5.32 Å². The van der Waals surface area contributed by atoms with Gasteiger partial charge in [0.05, 0.1) is 12.6 Å². The Kier molecular flexibility index (Phi) is 10.1. The number of carbonyl (C=O) groups is 1. The molecule has 0 aliphatic carbocycles. The van der Waals surface area contributed by atoms with E-state index < -0.39 is 0 Å². The minimum atomic E-state index is -0.150. The number of likely N-dealkylation sites (N-methyl/N-ethyl adjacent to an activating group) is 1. The lowest BCUT2D eigenvalue weighted by Crippen LogP contribution is -2.44. The molecule has 0 bridgehead atoms. The van der Waals surface area contributed by atoms with Crippen LogP contribution < -0.4 is 5.32 Å². The second-order valence-electron chi connectivity index (χ2n) is 3.99. The largest absolute Gasteiger partial charge is 0.385 e. The molecule has 0 saturated heterocycles. The first-order chi connectivity index (χ1) is 8.13. The number of hydrogen-bond donors (Lipinski definition) is 1. The van der Waals surface area contributed by atoms with Gasteiger partial charge >= 0.3 is 0 Å². The molecular formula is C12H26N2O3. The molecule has 0 radical (unpaired) electrons. The van der Waals surface area contributed by atoms with Crippen LogP contribution in [-0.4, -0.2) is 63.9 Å². The first kappa shape index (κ1) is 16.4. The molecule has 1 amide bonds. The van der Waals surface area contributed by atoms with E-state index in [1.54, 1.807) is 12.0 Å².